The highest BCUT2D eigenvalue weighted by atomic mass is 16.1. The zero-order chi connectivity index (χ0) is 11.0. The van der Waals surface area contributed by atoms with Crippen LogP contribution in [0, 0.1) is 5.92 Å². The molecule has 1 aromatic rings. The van der Waals surface area contributed by atoms with Gasteiger partial charge < -0.3 is 4.90 Å². The van der Waals surface area contributed by atoms with E-state index in [9.17, 15) is 4.79 Å². The van der Waals surface area contributed by atoms with Gasteiger partial charge in [0.1, 0.15) is 5.69 Å². The third-order valence-corrected chi connectivity index (χ3v) is 2.60. The van der Waals surface area contributed by atoms with Gasteiger partial charge in [0.05, 0.1) is 0 Å². The quantitative estimate of drug-likeness (QED) is 0.701. The maximum absolute atomic E-state index is 12.0. The summed E-state index contributed by atoms with van der Waals surface area (Å²) in [6.07, 6.45) is 0.704. The molecule has 0 radical (unpaired) electrons. The summed E-state index contributed by atoms with van der Waals surface area (Å²) in [5.74, 6) is 1.12. The van der Waals surface area contributed by atoms with E-state index in [1.165, 1.54) is 0 Å². The highest BCUT2D eigenvalue weighted by Crippen LogP contribution is 2.12. The van der Waals surface area contributed by atoms with Crippen LogP contribution < -0.4 is 10.5 Å². The molecule has 0 aliphatic carbocycles. The Bertz CT molecular complexity index is 424. The minimum Gasteiger partial charge on any atom is -0.342 e. The maximum atomic E-state index is 12.0. The lowest BCUT2D eigenvalue weighted by Gasteiger charge is -2.09. The average molecular weight is 208 g/mol. The summed E-state index contributed by atoms with van der Waals surface area (Å²) < 4.78 is 1.71. The van der Waals surface area contributed by atoms with E-state index < -0.39 is 0 Å². The predicted octanol–water partition coefficient (Wildman–Crippen LogP) is 0.287. The summed E-state index contributed by atoms with van der Waals surface area (Å²) in [6.45, 7) is 5.72. The lowest BCUT2D eigenvalue weighted by Crippen LogP contribution is -2.26. The topological polar surface area (TPSA) is 51.0 Å². The second-order valence-corrected chi connectivity index (χ2v) is 4.42. The van der Waals surface area contributed by atoms with E-state index in [1.807, 2.05) is 11.9 Å². The number of hydrogen-bond acceptors (Lipinski definition) is 4. The highest BCUT2D eigenvalue weighted by Gasteiger charge is 2.20. The summed E-state index contributed by atoms with van der Waals surface area (Å²) >= 11 is 0. The minimum atomic E-state index is 0.0260. The summed E-state index contributed by atoms with van der Waals surface area (Å²) in [7, 11) is 1.93. The Morgan fingerprint density at radius 2 is 2.07 bits per heavy atom. The van der Waals surface area contributed by atoms with Crippen LogP contribution in [0.15, 0.2) is 4.79 Å². The van der Waals surface area contributed by atoms with E-state index in [1.54, 1.807) is 4.57 Å². The van der Waals surface area contributed by atoms with E-state index in [0.29, 0.717) is 24.0 Å². The lowest BCUT2D eigenvalue weighted by atomic mass is 10.1. The van der Waals surface area contributed by atoms with Gasteiger partial charge in [-0.3, -0.25) is 9.36 Å². The Morgan fingerprint density at radius 3 is 2.73 bits per heavy atom. The summed E-state index contributed by atoms with van der Waals surface area (Å²) in [4.78, 5) is 13.9. The Kier molecular flexibility index (Phi) is 2.46. The molecule has 0 spiro atoms. The number of anilines is 1. The SMILES string of the molecule is CC(C)Cc1nnc2n(c1=O)CCN2C. The van der Waals surface area contributed by atoms with Crippen molar-refractivity contribution in [2.24, 2.45) is 5.92 Å². The summed E-state index contributed by atoms with van der Waals surface area (Å²) in [5.41, 5.74) is 0.613. The fourth-order valence-corrected chi connectivity index (χ4v) is 1.80. The zero-order valence-corrected chi connectivity index (χ0v) is 9.40. The molecule has 1 aromatic heterocycles. The number of aromatic nitrogens is 3. The molecule has 0 saturated carbocycles. The molecule has 5 heteroatoms. The van der Waals surface area contributed by atoms with Crippen molar-refractivity contribution in [3.63, 3.8) is 0 Å². The van der Waals surface area contributed by atoms with Crippen molar-refractivity contribution in [1.82, 2.24) is 14.8 Å². The molecule has 0 atom stereocenters. The third kappa shape index (κ3) is 1.73. The fraction of sp³-hybridized carbons (Fsp3) is 0.700. The number of hydrogen-bond donors (Lipinski definition) is 0. The van der Waals surface area contributed by atoms with Gasteiger partial charge in [0.15, 0.2) is 0 Å². The molecule has 1 aliphatic heterocycles. The Labute approximate surface area is 88.7 Å². The van der Waals surface area contributed by atoms with E-state index in [-0.39, 0.29) is 5.56 Å². The van der Waals surface area contributed by atoms with Gasteiger partial charge in [-0.2, -0.15) is 0 Å². The molecule has 15 heavy (non-hydrogen) atoms. The van der Waals surface area contributed by atoms with Gasteiger partial charge in [-0.15, -0.1) is 10.2 Å². The van der Waals surface area contributed by atoms with Gasteiger partial charge in [0, 0.05) is 20.1 Å². The normalized spacial score (nSPS) is 14.8. The number of fused-ring (bicyclic) bond motifs is 1. The standard InChI is InChI=1S/C10H16N4O/c1-7(2)6-8-9(15)14-5-4-13(3)10(14)12-11-8/h7H,4-6H2,1-3H3. The van der Waals surface area contributed by atoms with Crippen LogP contribution in [-0.2, 0) is 13.0 Å². The van der Waals surface area contributed by atoms with Gasteiger partial charge >= 0.3 is 0 Å². The van der Waals surface area contributed by atoms with Gasteiger partial charge in [-0.05, 0) is 12.3 Å². The van der Waals surface area contributed by atoms with E-state index >= 15 is 0 Å². The van der Waals surface area contributed by atoms with Crippen molar-refractivity contribution in [3.05, 3.63) is 16.0 Å². The van der Waals surface area contributed by atoms with Crippen LogP contribution >= 0.6 is 0 Å². The molecule has 82 valence electrons. The number of likely N-dealkylation sites (N-methyl/N-ethyl adjacent to an activating group) is 1. The molecule has 0 aromatic carbocycles. The fourth-order valence-electron chi connectivity index (χ4n) is 1.80. The van der Waals surface area contributed by atoms with Crippen LogP contribution in [0.4, 0.5) is 5.95 Å². The molecule has 0 N–H and O–H groups in total. The average Bonchev–Trinajstić information content (AvgIpc) is 2.53. The Balaban J connectivity index is 2.42. The van der Waals surface area contributed by atoms with E-state index in [4.69, 9.17) is 0 Å². The van der Waals surface area contributed by atoms with Gasteiger partial charge in [0.25, 0.3) is 5.56 Å². The van der Waals surface area contributed by atoms with Gasteiger partial charge in [-0.1, -0.05) is 13.8 Å². The maximum Gasteiger partial charge on any atom is 0.276 e. The van der Waals surface area contributed by atoms with Crippen molar-refractivity contribution in [1.29, 1.82) is 0 Å². The van der Waals surface area contributed by atoms with Gasteiger partial charge in [-0.25, -0.2) is 0 Å². The molecular formula is C10H16N4O. The second kappa shape index (κ2) is 3.64. The summed E-state index contributed by atoms with van der Waals surface area (Å²) in [6, 6.07) is 0. The Hall–Kier alpha value is -1.39. The van der Waals surface area contributed by atoms with Crippen molar-refractivity contribution in [2.75, 3.05) is 18.5 Å². The number of nitrogens with zero attached hydrogens (tertiary/aromatic N) is 4. The monoisotopic (exact) mass is 208 g/mol. The van der Waals surface area contributed by atoms with E-state index in [2.05, 4.69) is 24.0 Å². The molecule has 0 fully saturated rings. The first-order valence-corrected chi connectivity index (χ1v) is 5.27. The minimum absolute atomic E-state index is 0.0260. The highest BCUT2D eigenvalue weighted by molar-refractivity contribution is 5.32. The molecule has 0 amide bonds. The first-order valence-electron chi connectivity index (χ1n) is 5.27. The van der Waals surface area contributed by atoms with Gasteiger partial charge in [0.2, 0.25) is 5.95 Å². The van der Waals surface area contributed by atoms with Crippen molar-refractivity contribution >= 4 is 5.95 Å². The molecule has 2 heterocycles. The molecule has 2 rings (SSSR count). The predicted molar refractivity (Wildman–Crippen MR) is 58.1 cm³/mol. The molecular weight excluding hydrogens is 192 g/mol. The van der Waals surface area contributed by atoms with Crippen LogP contribution in [0.2, 0.25) is 0 Å². The molecule has 1 aliphatic rings. The van der Waals surface area contributed by atoms with Crippen LogP contribution in [-0.4, -0.2) is 28.4 Å². The van der Waals surface area contributed by atoms with Crippen molar-refractivity contribution in [2.45, 2.75) is 26.8 Å². The second-order valence-electron chi connectivity index (χ2n) is 4.42. The summed E-state index contributed by atoms with van der Waals surface area (Å²) in [5, 5.41) is 8.11. The van der Waals surface area contributed by atoms with Crippen LogP contribution in [0.3, 0.4) is 0 Å². The lowest BCUT2D eigenvalue weighted by molar-refractivity contribution is 0.604. The first-order chi connectivity index (χ1) is 7.09. The van der Waals surface area contributed by atoms with Crippen LogP contribution in [0.25, 0.3) is 0 Å². The Morgan fingerprint density at radius 1 is 1.33 bits per heavy atom. The first kappa shape index (κ1) is 10.1. The smallest absolute Gasteiger partial charge is 0.276 e. The molecule has 0 bridgehead atoms. The third-order valence-electron chi connectivity index (χ3n) is 2.60. The van der Waals surface area contributed by atoms with Crippen LogP contribution in [0.5, 0.6) is 0 Å². The van der Waals surface area contributed by atoms with Crippen molar-refractivity contribution < 1.29 is 0 Å². The zero-order valence-electron chi connectivity index (χ0n) is 9.40. The van der Waals surface area contributed by atoms with Crippen LogP contribution in [0.1, 0.15) is 19.5 Å². The molecule has 5 nitrogen and oxygen atoms in total. The van der Waals surface area contributed by atoms with E-state index in [0.717, 1.165) is 13.1 Å². The molecule has 0 unspecified atom stereocenters. The molecule has 0 saturated heterocycles. The van der Waals surface area contributed by atoms with Crippen molar-refractivity contribution in [3.8, 4) is 0 Å². The largest absolute Gasteiger partial charge is 0.342 e. The number of rotatable bonds is 2.